The van der Waals surface area contributed by atoms with Crippen molar-refractivity contribution >= 4 is 40.5 Å². The van der Waals surface area contributed by atoms with Crippen LogP contribution in [-0.4, -0.2) is 66.2 Å². The van der Waals surface area contributed by atoms with Gasteiger partial charge in [0.05, 0.1) is 30.4 Å². The number of hydrogen-bond donors (Lipinski definition) is 0. The molecule has 0 spiro atoms. The molecule has 2 fully saturated rings. The topological polar surface area (TPSA) is 71.4 Å². The lowest BCUT2D eigenvalue weighted by Gasteiger charge is -2.26. The fourth-order valence-corrected chi connectivity index (χ4v) is 4.72. The Hall–Kier alpha value is -3.10. The van der Waals surface area contributed by atoms with E-state index in [2.05, 4.69) is 0 Å². The van der Waals surface area contributed by atoms with Crippen LogP contribution in [0.15, 0.2) is 58.4 Å². The third kappa shape index (κ3) is 5.29. The number of benzene rings is 2. The van der Waals surface area contributed by atoms with Gasteiger partial charge in [0.2, 0.25) is 0 Å². The highest BCUT2D eigenvalue weighted by molar-refractivity contribution is 8.18. The third-order valence-corrected chi connectivity index (χ3v) is 6.33. The van der Waals surface area contributed by atoms with Crippen molar-refractivity contribution in [3.8, 4) is 5.75 Å². The minimum absolute atomic E-state index is 0.0315. The second-order valence-corrected chi connectivity index (χ2v) is 8.49. The Kier molecular flexibility index (Phi) is 7.47. The minimum Gasteiger partial charge on any atom is -0.493 e. The van der Waals surface area contributed by atoms with Crippen LogP contribution in [0.25, 0.3) is 6.08 Å². The van der Waals surface area contributed by atoms with Crippen LogP contribution in [0.5, 0.6) is 5.75 Å². The maximum atomic E-state index is 13.0. The number of morpholine rings is 1. The first-order valence-corrected chi connectivity index (χ1v) is 11.9. The Balaban J connectivity index is 1.59. The lowest BCUT2D eigenvalue weighted by molar-refractivity contribution is -0.122. The predicted molar refractivity (Wildman–Crippen MR) is 131 cm³/mol. The SMILES string of the molecule is CCOc1ccccc1/C=C1/SC(=Nc2cccc(C(=O)N3CCOCC3)c2)N(CC)C1=O. The van der Waals surface area contributed by atoms with Gasteiger partial charge in [-0.25, -0.2) is 4.99 Å². The Morgan fingerprint density at radius 1 is 1.15 bits per heavy atom. The zero-order chi connectivity index (χ0) is 23.2. The number of nitrogens with zero attached hydrogens (tertiary/aromatic N) is 3. The number of rotatable bonds is 6. The predicted octanol–water partition coefficient (Wildman–Crippen LogP) is 4.18. The van der Waals surface area contributed by atoms with Crippen LogP contribution in [0, 0.1) is 0 Å². The van der Waals surface area contributed by atoms with Crippen molar-refractivity contribution in [1.29, 1.82) is 0 Å². The molecule has 0 aromatic heterocycles. The van der Waals surface area contributed by atoms with Gasteiger partial charge in [0, 0.05) is 30.8 Å². The van der Waals surface area contributed by atoms with E-state index in [-0.39, 0.29) is 11.8 Å². The maximum Gasteiger partial charge on any atom is 0.266 e. The number of thioether (sulfide) groups is 1. The van der Waals surface area contributed by atoms with Gasteiger partial charge < -0.3 is 14.4 Å². The summed E-state index contributed by atoms with van der Waals surface area (Å²) in [5.41, 5.74) is 2.07. The molecule has 2 aliphatic heterocycles. The first-order chi connectivity index (χ1) is 16.1. The Morgan fingerprint density at radius 2 is 1.94 bits per heavy atom. The molecule has 2 heterocycles. The van der Waals surface area contributed by atoms with Gasteiger partial charge in [-0.2, -0.15) is 0 Å². The maximum absolute atomic E-state index is 13.0. The molecule has 2 amide bonds. The molecule has 2 aromatic carbocycles. The Bertz CT molecular complexity index is 1090. The van der Waals surface area contributed by atoms with Gasteiger partial charge in [0.25, 0.3) is 11.8 Å². The van der Waals surface area contributed by atoms with Crippen molar-refractivity contribution in [3.63, 3.8) is 0 Å². The number of carbonyl (C=O) groups is 2. The Morgan fingerprint density at radius 3 is 2.70 bits per heavy atom. The highest BCUT2D eigenvalue weighted by atomic mass is 32.2. The van der Waals surface area contributed by atoms with Crippen LogP contribution in [0.2, 0.25) is 0 Å². The van der Waals surface area contributed by atoms with E-state index in [1.165, 1.54) is 11.8 Å². The van der Waals surface area contributed by atoms with Crippen LogP contribution < -0.4 is 4.74 Å². The number of amides is 2. The summed E-state index contributed by atoms with van der Waals surface area (Å²) in [5, 5.41) is 0.596. The summed E-state index contributed by atoms with van der Waals surface area (Å²) in [7, 11) is 0. The van der Waals surface area contributed by atoms with Gasteiger partial charge in [0.15, 0.2) is 5.17 Å². The lowest BCUT2D eigenvalue weighted by atomic mass is 10.1. The largest absolute Gasteiger partial charge is 0.493 e. The van der Waals surface area contributed by atoms with Crippen molar-refractivity contribution in [2.24, 2.45) is 4.99 Å². The highest BCUT2D eigenvalue weighted by Gasteiger charge is 2.32. The molecule has 33 heavy (non-hydrogen) atoms. The summed E-state index contributed by atoms with van der Waals surface area (Å²) >= 11 is 1.33. The van der Waals surface area contributed by atoms with E-state index < -0.39 is 0 Å². The van der Waals surface area contributed by atoms with Gasteiger partial charge in [0.1, 0.15) is 5.75 Å². The molecule has 172 valence electrons. The molecule has 8 heteroatoms. The summed E-state index contributed by atoms with van der Waals surface area (Å²) in [5.74, 6) is 0.618. The van der Waals surface area contributed by atoms with Crippen molar-refractivity contribution < 1.29 is 19.1 Å². The molecular weight excluding hydrogens is 438 g/mol. The molecule has 2 saturated heterocycles. The number of hydrogen-bond acceptors (Lipinski definition) is 6. The smallest absolute Gasteiger partial charge is 0.266 e. The molecule has 2 aliphatic rings. The van der Waals surface area contributed by atoms with E-state index in [0.717, 1.165) is 11.3 Å². The van der Waals surface area contributed by atoms with E-state index >= 15 is 0 Å². The van der Waals surface area contributed by atoms with E-state index in [0.29, 0.717) is 60.8 Å². The van der Waals surface area contributed by atoms with Gasteiger partial charge in [-0.15, -0.1) is 0 Å². The molecule has 0 bridgehead atoms. The zero-order valence-electron chi connectivity index (χ0n) is 18.8. The average molecular weight is 466 g/mol. The second kappa shape index (κ2) is 10.7. The number of amidine groups is 1. The van der Waals surface area contributed by atoms with Crippen molar-refractivity contribution in [3.05, 3.63) is 64.6 Å². The van der Waals surface area contributed by atoms with Gasteiger partial charge in [-0.3, -0.25) is 14.5 Å². The molecule has 0 aliphatic carbocycles. The van der Waals surface area contributed by atoms with E-state index in [9.17, 15) is 9.59 Å². The molecule has 0 unspecified atom stereocenters. The van der Waals surface area contributed by atoms with E-state index in [4.69, 9.17) is 14.5 Å². The van der Waals surface area contributed by atoms with Crippen LogP contribution in [0.1, 0.15) is 29.8 Å². The normalized spacial score (nSPS) is 18.9. The first kappa shape index (κ1) is 23.1. The quantitative estimate of drug-likeness (QED) is 0.599. The molecule has 0 radical (unpaired) electrons. The monoisotopic (exact) mass is 465 g/mol. The molecular formula is C25H27N3O4S. The van der Waals surface area contributed by atoms with E-state index in [1.807, 2.05) is 56.3 Å². The number of ether oxygens (including phenoxy) is 2. The van der Waals surface area contributed by atoms with Crippen LogP contribution in [-0.2, 0) is 9.53 Å². The van der Waals surface area contributed by atoms with Crippen LogP contribution in [0.4, 0.5) is 5.69 Å². The molecule has 0 saturated carbocycles. The average Bonchev–Trinajstić information content (AvgIpc) is 3.14. The van der Waals surface area contributed by atoms with Crippen molar-refractivity contribution in [1.82, 2.24) is 9.80 Å². The first-order valence-electron chi connectivity index (χ1n) is 11.1. The molecule has 2 aromatic rings. The summed E-state index contributed by atoms with van der Waals surface area (Å²) < 4.78 is 11.0. The number of para-hydroxylation sites is 1. The molecule has 7 nitrogen and oxygen atoms in total. The van der Waals surface area contributed by atoms with E-state index in [1.54, 1.807) is 21.9 Å². The summed E-state index contributed by atoms with van der Waals surface area (Å²) in [4.78, 5) is 34.6. The number of aliphatic imine (C=N–C) groups is 1. The number of likely N-dealkylation sites (N-methyl/N-ethyl adjacent to an activating group) is 1. The summed E-state index contributed by atoms with van der Waals surface area (Å²) in [6, 6.07) is 14.9. The zero-order valence-corrected chi connectivity index (χ0v) is 19.6. The Labute approximate surface area is 198 Å². The van der Waals surface area contributed by atoms with Gasteiger partial charge in [-0.1, -0.05) is 24.3 Å². The third-order valence-electron chi connectivity index (χ3n) is 5.33. The fourth-order valence-electron chi connectivity index (χ4n) is 3.67. The van der Waals surface area contributed by atoms with Crippen molar-refractivity contribution in [2.75, 3.05) is 39.5 Å². The number of carbonyl (C=O) groups excluding carboxylic acids is 2. The summed E-state index contributed by atoms with van der Waals surface area (Å²) in [6.45, 7) is 7.19. The fraction of sp³-hybridized carbons (Fsp3) is 0.320. The standard InChI is InChI=1S/C25H27N3O4S/c1-3-28-24(30)22(17-18-8-5-6-11-21(18)32-4-2)33-25(28)26-20-10-7-9-19(16-20)23(29)27-12-14-31-15-13-27/h5-11,16-17H,3-4,12-15H2,1-2H3/b22-17+,26-25?. The highest BCUT2D eigenvalue weighted by Crippen LogP contribution is 2.35. The van der Waals surface area contributed by atoms with Crippen LogP contribution in [0.3, 0.4) is 0 Å². The van der Waals surface area contributed by atoms with Crippen LogP contribution >= 0.6 is 11.8 Å². The van der Waals surface area contributed by atoms with Gasteiger partial charge >= 0.3 is 0 Å². The second-order valence-electron chi connectivity index (χ2n) is 7.48. The lowest BCUT2D eigenvalue weighted by Crippen LogP contribution is -2.40. The molecule has 0 N–H and O–H groups in total. The molecule has 0 atom stereocenters. The van der Waals surface area contributed by atoms with Gasteiger partial charge in [-0.05, 0) is 56.0 Å². The molecule has 4 rings (SSSR count). The minimum atomic E-state index is -0.0897. The summed E-state index contributed by atoms with van der Waals surface area (Å²) in [6.07, 6.45) is 1.85. The van der Waals surface area contributed by atoms with Crippen molar-refractivity contribution in [2.45, 2.75) is 13.8 Å².